The molecule has 7 heteroatoms. The Morgan fingerprint density at radius 3 is 3.17 bits per heavy atom. The van der Waals surface area contributed by atoms with E-state index in [0.29, 0.717) is 12.4 Å². The second-order valence-electron chi connectivity index (χ2n) is 3.93. The monoisotopic (exact) mass is 282 g/mol. The van der Waals surface area contributed by atoms with Crippen LogP contribution in [-0.4, -0.2) is 20.7 Å². The van der Waals surface area contributed by atoms with Crippen molar-refractivity contribution in [1.29, 1.82) is 0 Å². The third kappa shape index (κ3) is 2.30. The maximum absolute atomic E-state index is 5.90. The maximum Gasteiger partial charge on any atom is 0.224 e. The van der Waals surface area contributed by atoms with E-state index in [-0.39, 0.29) is 5.28 Å². The van der Waals surface area contributed by atoms with Crippen molar-refractivity contribution < 1.29 is 4.42 Å². The first-order valence-electron chi connectivity index (χ1n) is 5.57. The number of hydrogen-bond acceptors (Lipinski definition) is 6. The average Bonchev–Trinajstić information content (AvgIpc) is 2.94. The summed E-state index contributed by atoms with van der Waals surface area (Å²) in [7, 11) is 0. The van der Waals surface area contributed by atoms with Gasteiger partial charge in [0, 0.05) is 12.2 Å². The van der Waals surface area contributed by atoms with Crippen molar-refractivity contribution in [2.45, 2.75) is 24.8 Å². The molecule has 1 aliphatic rings. The normalized spacial score (nSPS) is 13.7. The summed E-state index contributed by atoms with van der Waals surface area (Å²) >= 11 is 7.65. The van der Waals surface area contributed by atoms with Crippen LogP contribution in [0, 0.1) is 6.92 Å². The van der Waals surface area contributed by atoms with Gasteiger partial charge in [-0.2, -0.15) is 4.98 Å². The zero-order valence-corrected chi connectivity index (χ0v) is 11.3. The van der Waals surface area contributed by atoms with Crippen molar-refractivity contribution in [3.8, 4) is 0 Å². The van der Waals surface area contributed by atoms with Gasteiger partial charge in [-0.25, -0.2) is 9.97 Å². The summed E-state index contributed by atoms with van der Waals surface area (Å²) in [6.45, 7) is 2.36. The number of rotatable bonds is 3. The molecule has 0 radical (unpaired) electrons. The number of oxazole rings is 1. The predicted octanol–water partition coefficient (Wildman–Crippen LogP) is 2.69. The number of nitrogens with zero attached hydrogens (tertiary/aromatic N) is 3. The quantitative estimate of drug-likeness (QED) is 0.873. The Balaban J connectivity index is 1.80. The molecule has 3 rings (SSSR count). The molecule has 1 aliphatic heterocycles. The lowest BCUT2D eigenvalue weighted by molar-refractivity contribution is 0.478. The van der Waals surface area contributed by atoms with Gasteiger partial charge in [0.25, 0.3) is 0 Å². The summed E-state index contributed by atoms with van der Waals surface area (Å²) in [4.78, 5) is 13.7. The second-order valence-corrected chi connectivity index (χ2v) is 5.38. The number of aryl methyl sites for hydroxylation is 2. The van der Waals surface area contributed by atoms with Crippen molar-refractivity contribution in [3.05, 3.63) is 28.8 Å². The molecule has 0 saturated heterocycles. The van der Waals surface area contributed by atoms with Gasteiger partial charge in [0.2, 0.25) is 11.2 Å². The van der Waals surface area contributed by atoms with Crippen LogP contribution in [0.5, 0.6) is 0 Å². The Bertz CT molecular complexity index is 586. The molecule has 2 aromatic heterocycles. The van der Waals surface area contributed by atoms with Gasteiger partial charge < -0.3 is 9.73 Å². The Morgan fingerprint density at radius 2 is 2.39 bits per heavy atom. The fourth-order valence-electron chi connectivity index (χ4n) is 1.80. The largest absolute Gasteiger partial charge is 0.444 e. The first-order valence-corrected chi connectivity index (χ1v) is 6.93. The first-order chi connectivity index (χ1) is 8.72. The van der Waals surface area contributed by atoms with Crippen LogP contribution in [0.4, 0.5) is 5.82 Å². The van der Waals surface area contributed by atoms with Crippen molar-refractivity contribution in [2.75, 3.05) is 11.1 Å². The van der Waals surface area contributed by atoms with Gasteiger partial charge in [-0.3, -0.25) is 0 Å². The molecular weight excluding hydrogens is 272 g/mol. The van der Waals surface area contributed by atoms with E-state index < -0.39 is 0 Å². The van der Waals surface area contributed by atoms with Crippen molar-refractivity contribution in [3.63, 3.8) is 0 Å². The summed E-state index contributed by atoms with van der Waals surface area (Å²) in [5.41, 5.74) is 1.02. The summed E-state index contributed by atoms with van der Waals surface area (Å²) in [6, 6.07) is 0. The Kier molecular flexibility index (Phi) is 3.13. The molecule has 0 saturated carbocycles. The molecule has 0 aromatic carbocycles. The molecule has 0 atom stereocenters. The van der Waals surface area contributed by atoms with Crippen LogP contribution >= 0.6 is 23.4 Å². The molecule has 0 unspecified atom stereocenters. The lowest BCUT2D eigenvalue weighted by atomic mass is 10.3. The van der Waals surface area contributed by atoms with Gasteiger partial charge in [0.05, 0.1) is 23.3 Å². The third-order valence-electron chi connectivity index (χ3n) is 2.57. The summed E-state index contributed by atoms with van der Waals surface area (Å²) in [5.74, 6) is 3.23. The maximum atomic E-state index is 5.90. The van der Waals surface area contributed by atoms with E-state index in [1.54, 1.807) is 18.0 Å². The van der Waals surface area contributed by atoms with Crippen LogP contribution in [-0.2, 0) is 13.0 Å². The molecular formula is C11H11ClN4OS. The molecule has 3 heterocycles. The molecule has 0 aliphatic carbocycles. The number of hydrogen-bond donors (Lipinski definition) is 1. The fourth-order valence-corrected chi connectivity index (χ4v) is 3.05. The van der Waals surface area contributed by atoms with Crippen molar-refractivity contribution >= 4 is 29.2 Å². The smallest absolute Gasteiger partial charge is 0.224 e. The van der Waals surface area contributed by atoms with Crippen LogP contribution in [0.3, 0.4) is 0 Å². The van der Waals surface area contributed by atoms with E-state index in [0.717, 1.165) is 34.3 Å². The van der Waals surface area contributed by atoms with Gasteiger partial charge in [0.15, 0.2) is 0 Å². The Hall–Kier alpha value is -1.27. The SMILES string of the molecule is Cc1cnc(CNc2nc(Cl)nc3c2SCC3)o1. The fraction of sp³-hybridized carbons (Fsp3) is 0.364. The molecule has 0 amide bonds. The minimum absolute atomic E-state index is 0.280. The minimum atomic E-state index is 0.280. The molecule has 2 aromatic rings. The molecule has 1 N–H and O–H groups in total. The van der Waals surface area contributed by atoms with Crippen LogP contribution in [0.15, 0.2) is 15.5 Å². The Labute approximate surface area is 113 Å². The molecule has 5 nitrogen and oxygen atoms in total. The van der Waals surface area contributed by atoms with Gasteiger partial charge >= 0.3 is 0 Å². The lowest BCUT2D eigenvalue weighted by Crippen LogP contribution is -2.05. The third-order valence-corrected chi connectivity index (χ3v) is 3.86. The standard InChI is InChI=1S/C11H11ClN4OS/c1-6-4-13-8(17-6)5-14-10-9-7(2-3-18-9)15-11(12)16-10/h4H,2-3,5H2,1H3,(H,14,15,16). The highest BCUT2D eigenvalue weighted by Crippen LogP contribution is 2.36. The number of anilines is 1. The average molecular weight is 283 g/mol. The van der Waals surface area contributed by atoms with Crippen LogP contribution in [0.25, 0.3) is 0 Å². The van der Waals surface area contributed by atoms with Crippen LogP contribution in [0.1, 0.15) is 17.3 Å². The van der Waals surface area contributed by atoms with Crippen molar-refractivity contribution in [2.24, 2.45) is 0 Å². The highest BCUT2D eigenvalue weighted by molar-refractivity contribution is 7.99. The van der Waals surface area contributed by atoms with E-state index in [2.05, 4.69) is 20.3 Å². The topological polar surface area (TPSA) is 63.8 Å². The zero-order valence-electron chi connectivity index (χ0n) is 9.73. The van der Waals surface area contributed by atoms with Gasteiger partial charge in [-0.1, -0.05) is 0 Å². The van der Waals surface area contributed by atoms with Crippen LogP contribution in [0.2, 0.25) is 5.28 Å². The van der Waals surface area contributed by atoms with Gasteiger partial charge in [-0.15, -0.1) is 11.8 Å². The van der Waals surface area contributed by atoms with E-state index >= 15 is 0 Å². The molecule has 0 bridgehead atoms. The summed E-state index contributed by atoms with van der Waals surface area (Å²) < 4.78 is 5.40. The molecule has 0 fully saturated rings. The van der Waals surface area contributed by atoms with Gasteiger partial charge in [0.1, 0.15) is 11.6 Å². The molecule has 0 spiro atoms. The van der Waals surface area contributed by atoms with E-state index in [9.17, 15) is 0 Å². The van der Waals surface area contributed by atoms with E-state index in [1.165, 1.54) is 0 Å². The molecule has 18 heavy (non-hydrogen) atoms. The number of thioether (sulfide) groups is 1. The predicted molar refractivity (Wildman–Crippen MR) is 70.0 cm³/mol. The molecule has 94 valence electrons. The highest BCUT2D eigenvalue weighted by atomic mass is 35.5. The zero-order chi connectivity index (χ0) is 12.5. The summed E-state index contributed by atoms with van der Waals surface area (Å²) in [5, 5.41) is 3.48. The van der Waals surface area contributed by atoms with Crippen LogP contribution < -0.4 is 5.32 Å². The number of halogens is 1. The van der Waals surface area contributed by atoms with E-state index in [1.807, 2.05) is 6.92 Å². The Morgan fingerprint density at radius 1 is 1.50 bits per heavy atom. The number of fused-ring (bicyclic) bond motifs is 1. The number of aromatic nitrogens is 3. The number of nitrogens with one attached hydrogen (secondary N) is 1. The van der Waals surface area contributed by atoms with Crippen molar-refractivity contribution in [1.82, 2.24) is 15.0 Å². The second kappa shape index (κ2) is 4.78. The first kappa shape index (κ1) is 11.8. The lowest BCUT2D eigenvalue weighted by Gasteiger charge is -2.07. The van der Waals surface area contributed by atoms with E-state index in [4.69, 9.17) is 16.0 Å². The minimum Gasteiger partial charge on any atom is -0.444 e. The van der Waals surface area contributed by atoms with Gasteiger partial charge in [-0.05, 0) is 18.5 Å². The highest BCUT2D eigenvalue weighted by Gasteiger charge is 2.19. The summed E-state index contributed by atoms with van der Waals surface area (Å²) in [6.07, 6.45) is 2.64.